The fraction of sp³-hybridized carbons (Fsp3) is 0.385. The van der Waals surface area contributed by atoms with Gasteiger partial charge in [0.15, 0.2) is 5.41 Å². The zero-order chi connectivity index (χ0) is 25.0. The molecule has 0 radical (unpaired) electrons. The molecule has 34 heavy (non-hydrogen) atoms. The summed E-state index contributed by atoms with van der Waals surface area (Å²) in [5, 5.41) is 0. The SMILES string of the molecule is CCOC(=O)C[C@@H](C(=O)OCC)C(C)(C(=O)OCc1ccccc1)C(=O)OCc1ccccc1. The molecule has 0 saturated heterocycles. The monoisotopic (exact) mass is 470 g/mol. The Kier molecular flexibility index (Phi) is 10.3. The minimum atomic E-state index is -2.15. The summed E-state index contributed by atoms with van der Waals surface area (Å²) < 4.78 is 20.9. The highest BCUT2D eigenvalue weighted by Crippen LogP contribution is 2.36. The highest BCUT2D eigenvalue weighted by molar-refractivity contribution is 6.04. The fourth-order valence-corrected chi connectivity index (χ4v) is 3.27. The molecule has 0 heterocycles. The van der Waals surface area contributed by atoms with Crippen LogP contribution in [0, 0.1) is 11.3 Å². The molecule has 0 fully saturated rings. The van der Waals surface area contributed by atoms with Crippen molar-refractivity contribution in [2.75, 3.05) is 13.2 Å². The first-order chi connectivity index (χ1) is 16.3. The Balaban J connectivity index is 2.35. The first-order valence-corrected chi connectivity index (χ1v) is 11.1. The Labute approximate surface area is 199 Å². The largest absolute Gasteiger partial charge is 0.466 e. The van der Waals surface area contributed by atoms with Gasteiger partial charge in [-0.3, -0.25) is 19.2 Å². The van der Waals surface area contributed by atoms with Gasteiger partial charge >= 0.3 is 23.9 Å². The van der Waals surface area contributed by atoms with Crippen LogP contribution in [0.2, 0.25) is 0 Å². The van der Waals surface area contributed by atoms with E-state index in [9.17, 15) is 19.2 Å². The lowest BCUT2D eigenvalue weighted by atomic mass is 9.75. The molecule has 0 saturated carbocycles. The Bertz CT molecular complexity index is 900. The van der Waals surface area contributed by atoms with Crippen LogP contribution in [0.1, 0.15) is 38.3 Å². The lowest BCUT2D eigenvalue weighted by Crippen LogP contribution is -2.49. The van der Waals surface area contributed by atoms with Gasteiger partial charge in [0.1, 0.15) is 13.2 Å². The zero-order valence-electron chi connectivity index (χ0n) is 19.7. The summed E-state index contributed by atoms with van der Waals surface area (Å²) in [6, 6.07) is 17.7. The maximum absolute atomic E-state index is 13.3. The first-order valence-electron chi connectivity index (χ1n) is 11.1. The average molecular weight is 471 g/mol. The van der Waals surface area contributed by atoms with Crippen LogP contribution >= 0.6 is 0 Å². The van der Waals surface area contributed by atoms with Crippen LogP contribution in [-0.4, -0.2) is 37.1 Å². The molecule has 182 valence electrons. The average Bonchev–Trinajstić information content (AvgIpc) is 2.85. The zero-order valence-corrected chi connectivity index (χ0v) is 19.7. The summed E-state index contributed by atoms with van der Waals surface area (Å²) in [6.07, 6.45) is -0.552. The van der Waals surface area contributed by atoms with Crippen molar-refractivity contribution >= 4 is 23.9 Å². The molecule has 8 heteroatoms. The number of hydrogen-bond donors (Lipinski definition) is 0. The molecule has 0 aliphatic rings. The van der Waals surface area contributed by atoms with Crippen molar-refractivity contribution in [3.05, 3.63) is 71.8 Å². The lowest BCUT2D eigenvalue weighted by molar-refractivity contribution is -0.185. The second-order valence-electron chi connectivity index (χ2n) is 7.64. The number of carbonyl (C=O) groups excluding carboxylic acids is 4. The van der Waals surface area contributed by atoms with Gasteiger partial charge in [0.05, 0.1) is 25.6 Å². The molecule has 2 rings (SSSR count). The topological polar surface area (TPSA) is 105 Å². The van der Waals surface area contributed by atoms with Crippen LogP contribution in [0.5, 0.6) is 0 Å². The lowest BCUT2D eigenvalue weighted by Gasteiger charge is -2.31. The van der Waals surface area contributed by atoms with E-state index >= 15 is 0 Å². The minimum Gasteiger partial charge on any atom is -0.466 e. The standard InChI is InChI=1S/C26H30O8/c1-4-31-22(27)16-21(23(28)32-5-2)26(3,24(29)33-17-19-12-8-6-9-13-19)25(30)34-18-20-14-10-7-11-15-20/h6-15,21H,4-5,16-18H2,1-3H3/t21-/m0/s1. The van der Waals surface area contributed by atoms with Crippen molar-refractivity contribution in [2.24, 2.45) is 11.3 Å². The number of ether oxygens (including phenoxy) is 4. The van der Waals surface area contributed by atoms with E-state index in [-0.39, 0.29) is 26.4 Å². The van der Waals surface area contributed by atoms with E-state index in [0.717, 1.165) is 0 Å². The summed E-state index contributed by atoms with van der Waals surface area (Å²) >= 11 is 0. The Morgan fingerprint density at radius 2 is 1.15 bits per heavy atom. The third kappa shape index (κ3) is 7.16. The highest BCUT2D eigenvalue weighted by atomic mass is 16.6. The van der Waals surface area contributed by atoms with Crippen LogP contribution in [0.4, 0.5) is 0 Å². The molecule has 0 aliphatic carbocycles. The third-order valence-electron chi connectivity index (χ3n) is 5.22. The first kappa shape index (κ1) is 26.6. The van der Waals surface area contributed by atoms with Gasteiger partial charge in [-0.25, -0.2) is 0 Å². The van der Waals surface area contributed by atoms with Crippen molar-refractivity contribution in [3.8, 4) is 0 Å². The van der Waals surface area contributed by atoms with Crippen LogP contribution in [0.3, 0.4) is 0 Å². The molecule has 0 spiro atoms. The predicted molar refractivity (Wildman–Crippen MR) is 122 cm³/mol. The van der Waals surface area contributed by atoms with E-state index in [4.69, 9.17) is 18.9 Å². The van der Waals surface area contributed by atoms with E-state index in [0.29, 0.717) is 11.1 Å². The van der Waals surface area contributed by atoms with E-state index in [1.807, 2.05) is 12.1 Å². The molecule has 2 aromatic carbocycles. The van der Waals surface area contributed by atoms with E-state index in [1.165, 1.54) is 6.92 Å². The maximum Gasteiger partial charge on any atom is 0.324 e. The van der Waals surface area contributed by atoms with Gasteiger partial charge in [0.25, 0.3) is 0 Å². The smallest absolute Gasteiger partial charge is 0.324 e. The number of hydrogen-bond acceptors (Lipinski definition) is 8. The van der Waals surface area contributed by atoms with Gasteiger partial charge in [-0.2, -0.15) is 0 Å². The Morgan fingerprint density at radius 3 is 1.56 bits per heavy atom. The normalized spacial score (nSPS) is 11.7. The minimum absolute atomic E-state index is 0.00757. The molecule has 8 nitrogen and oxygen atoms in total. The van der Waals surface area contributed by atoms with Crippen LogP contribution in [-0.2, 0) is 51.3 Å². The molecular weight excluding hydrogens is 440 g/mol. The summed E-state index contributed by atoms with van der Waals surface area (Å²) in [5.74, 6) is -5.16. The number of carbonyl (C=O) groups is 4. The molecule has 0 bridgehead atoms. The fourth-order valence-electron chi connectivity index (χ4n) is 3.27. The van der Waals surface area contributed by atoms with E-state index < -0.39 is 41.6 Å². The van der Waals surface area contributed by atoms with E-state index in [2.05, 4.69) is 0 Å². The molecule has 0 amide bonds. The molecule has 0 unspecified atom stereocenters. The molecular formula is C26H30O8. The summed E-state index contributed by atoms with van der Waals surface area (Å²) in [6.45, 7) is 4.23. The second-order valence-corrected chi connectivity index (χ2v) is 7.64. The molecule has 0 aromatic heterocycles. The van der Waals surface area contributed by atoms with Crippen LogP contribution in [0.15, 0.2) is 60.7 Å². The summed E-state index contributed by atoms with van der Waals surface area (Å²) in [5.41, 5.74) is -0.773. The van der Waals surface area contributed by atoms with Crippen molar-refractivity contribution in [2.45, 2.75) is 40.4 Å². The quantitative estimate of drug-likeness (QED) is 0.263. The van der Waals surface area contributed by atoms with Crippen molar-refractivity contribution < 1.29 is 38.1 Å². The summed E-state index contributed by atoms with van der Waals surface area (Å²) in [4.78, 5) is 51.7. The van der Waals surface area contributed by atoms with Gasteiger partial charge in [-0.15, -0.1) is 0 Å². The van der Waals surface area contributed by atoms with Crippen molar-refractivity contribution in [3.63, 3.8) is 0 Å². The van der Waals surface area contributed by atoms with Gasteiger partial charge < -0.3 is 18.9 Å². The number of esters is 4. The molecule has 0 aliphatic heterocycles. The summed E-state index contributed by atoms with van der Waals surface area (Å²) in [7, 11) is 0. The van der Waals surface area contributed by atoms with Gasteiger partial charge in [-0.05, 0) is 31.9 Å². The van der Waals surface area contributed by atoms with Gasteiger partial charge in [0.2, 0.25) is 0 Å². The highest BCUT2D eigenvalue weighted by Gasteiger charge is 2.55. The Hall–Kier alpha value is -3.68. The molecule has 2 aromatic rings. The predicted octanol–water partition coefficient (Wildman–Crippen LogP) is 3.61. The second kappa shape index (κ2) is 13.1. The van der Waals surface area contributed by atoms with Crippen molar-refractivity contribution in [1.82, 2.24) is 0 Å². The maximum atomic E-state index is 13.3. The van der Waals surface area contributed by atoms with Crippen molar-refractivity contribution in [1.29, 1.82) is 0 Å². The van der Waals surface area contributed by atoms with Crippen LogP contribution in [0.25, 0.3) is 0 Å². The number of rotatable bonds is 12. The van der Waals surface area contributed by atoms with Crippen LogP contribution < -0.4 is 0 Å². The van der Waals surface area contributed by atoms with Gasteiger partial charge in [-0.1, -0.05) is 60.7 Å². The van der Waals surface area contributed by atoms with Gasteiger partial charge in [0, 0.05) is 0 Å². The molecule has 0 N–H and O–H groups in total. The van der Waals surface area contributed by atoms with E-state index in [1.54, 1.807) is 62.4 Å². The Morgan fingerprint density at radius 1 is 0.706 bits per heavy atom. The number of benzene rings is 2. The third-order valence-corrected chi connectivity index (χ3v) is 5.22. The molecule has 1 atom stereocenters.